The summed E-state index contributed by atoms with van der Waals surface area (Å²) in [6.45, 7) is 1.59. The van der Waals surface area contributed by atoms with Crippen molar-refractivity contribution >= 4 is 34.0 Å². The standard InChI is InChI=1S/C12H13N3OS/c1-9(16)17-5-3-2-4-10-6-11-12(13-7-10)8-14-15-11/h2,4,6-8H,3,5H2,1H3,(H,14,15). The van der Waals surface area contributed by atoms with Crippen molar-refractivity contribution in [2.45, 2.75) is 13.3 Å². The van der Waals surface area contributed by atoms with E-state index in [4.69, 9.17) is 0 Å². The van der Waals surface area contributed by atoms with E-state index in [0.717, 1.165) is 28.8 Å². The van der Waals surface area contributed by atoms with Crippen LogP contribution in [0.25, 0.3) is 17.1 Å². The summed E-state index contributed by atoms with van der Waals surface area (Å²) >= 11 is 1.35. The molecule has 0 bridgehead atoms. The largest absolute Gasteiger partial charge is 0.288 e. The quantitative estimate of drug-likeness (QED) is 0.844. The fourth-order valence-electron chi connectivity index (χ4n) is 1.43. The Balaban J connectivity index is 1.93. The zero-order chi connectivity index (χ0) is 12.1. The lowest BCUT2D eigenvalue weighted by atomic mass is 10.2. The van der Waals surface area contributed by atoms with Gasteiger partial charge in [-0.3, -0.25) is 14.9 Å². The molecule has 4 nitrogen and oxygen atoms in total. The van der Waals surface area contributed by atoms with Crippen LogP contribution in [-0.4, -0.2) is 26.0 Å². The lowest BCUT2D eigenvalue weighted by molar-refractivity contribution is -0.109. The lowest BCUT2D eigenvalue weighted by Crippen LogP contribution is -1.84. The molecule has 17 heavy (non-hydrogen) atoms. The number of carbonyl (C=O) groups is 1. The van der Waals surface area contributed by atoms with Gasteiger partial charge in [-0.25, -0.2) is 0 Å². The molecule has 0 saturated heterocycles. The number of pyridine rings is 1. The molecule has 0 fully saturated rings. The minimum Gasteiger partial charge on any atom is -0.288 e. The number of carbonyl (C=O) groups excluding carboxylic acids is 1. The molecule has 2 rings (SSSR count). The first-order chi connectivity index (χ1) is 8.25. The Morgan fingerprint density at radius 1 is 1.53 bits per heavy atom. The van der Waals surface area contributed by atoms with Crippen LogP contribution in [0.3, 0.4) is 0 Å². The van der Waals surface area contributed by atoms with Gasteiger partial charge in [0.1, 0.15) is 5.52 Å². The average Bonchev–Trinajstić information content (AvgIpc) is 2.75. The number of H-pyrrole nitrogens is 1. The van der Waals surface area contributed by atoms with Crippen molar-refractivity contribution in [3.8, 4) is 0 Å². The maximum absolute atomic E-state index is 10.7. The predicted octanol–water partition coefficient (Wildman–Crippen LogP) is 2.64. The van der Waals surface area contributed by atoms with Gasteiger partial charge < -0.3 is 0 Å². The van der Waals surface area contributed by atoms with Gasteiger partial charge in [-0.15, -0.1) is 0 Å². The van der Waals surface area contributed by atoms with Gasteiger partial charge in [0.05, 0.1) is 11.7 Å². The van der Waals surface area contributed by atoms with Gasteiger partial charge >= 0.3 is 0 Å². The van der Waals surface area contributed by atoms with Crippen LogP contribution in [0.4, 0.5) is 0 Å². The predicted molar refractivity (Wildman–Crippen MR) is 70.7 cm³/mol. The Labute approximate surface area is 104 Å². The Morgan fingerprint density at radius 3 is 3.24 bits per heavy atom. The second-order valence-corrected chi connectivity index (χ2v) is 4.87. The molecule has 2 aromatic heterocycles. The molecule has 2 heterocycles. The molecular formula is C12H13N3OS. The van der Waals surface area contributed by atoms with E-state index < -0.39 is 0 Å². The first-order valence-corrected chi connectivity index (χ1v) is 6.33. The smallest absolute Gasteiger partial charge is 0.185 e. The van der Waals surface area contributed by atoms with Crippen molar-refractivity contribution < 1.29 is 4.79 Å². The fourth-order valence-corrected chi connectivity index (χ4v) is 1.97. The second-order valence-electron chi connectivity index (χ2n) is 3.60. The molecule has 5 heteroatoms. The highest BCUT2D eigenvalue weighted by atomic mass is 32.2. The normalized spacial score (nSPS) is 11.4. The van der Waals surface area contributed by atoms with E-state index in [2.05, 4.69) is 21.3 Å². The Bertz CT molecular complexity index is 547. The zero-order valence-corrected chi connectivity index (χ0v) is 10.3. The minimum absolute atomic E-state index is 0.166. The highest BCUT2D eigenvalue weighted by molar-refractivity contribution is 8.13. The first-order valence-electron chi connectivity index (χ1n) is 5.35. The fraction of sp³-hybridized carbons (Fsp3) is 0.250. The van der Waals surface area contributed by atoms with Gasteiger partial charge in [-0.2, -0.15) is 5.10 Å². The number of hydrogen-bond acceptors (Lipinski definition) is 4. The summed E-state index contributed by atoms with van der Waals surface area (Å²) < 4.78 is 0. The molecule has 0 radical (unpaired) electrons. The van der Waals surface area contributed by atoms with Gasteiger partial charge in [0.2, 0.25) is 0 Å². The number of hydrogen-bond donors (Lipinski definition) is 1. The Hall–Kier alpha value is -1.62. The molecule has 0 unspecified atom stereocenters. The summed E-state index contributed by atoms with van der Waals surface area (Å²) in [4.78, 5) is 15.0. The molecule has 0 saturated carbocycles. The molecule has 0 aliphatic carbocycles. The summed E-state index contributed by atoms with van der Waals surface area (Å²) in [5.41, 5.74) is 2.84. The second kappa shape index (κ2) is 5.63. The average molecular weight is 247 g/mol. The Kier molecular flexibility index (Phi) is 3.93. The van der Waals surface area contributed by atoms with Gasteiger partial charge in [-0.1, -0.05) is 23.9 Å². The van der Waals surface area contributed by atoms with Crippen LogP contribution in [0, 0.1) is 0 Å². The van der Waals surface area contributed by atoms with E-state index in [0.29, 0.717) is 0 Å². The van der Waals surface area contributed by atoms with Gasteiger partial charge in [0, 0.05) is 18.9 Å². The summed E-state index contributed by atoms with van der Waals surface area (Å²) in [5, 5.41) is 6.97. The van der Waals surface area contributed by atoms with E-state index in [9.17, 15) is 4.79 Å². The van der Waals surface area contributed by atoms with E-state index in [1.807, 2.05) is 18.3 Å². The number of rotatable bonds is 4. The van der Waals surface area contributed by atoms with Gasteiger partial charge in [0.25, 0.3) is 0 Å². The van der Waals surface area contributed by atoms with Crippen LogP contribution in [0.1, 0.15) is 18.9 Å². The van der Waals surface area contributed by atoms with E-state index in [1.54, 1.807) is 13.1 Å². The van der Waals surface area contributed by atoms with Crippen molar-refractivity contribution in [3.63, 3.8) is 0 Å². The van der Waals surface area contributed by atoms with Crippen LogP contribution in [0.2, 0.25) is 0 Å². The third kappa shape index (κ3) is 3.42. The number of allylic oxidation sites excluding steroid dienone is 1. The molecule has 0 atom stereocenters. The topological polar surface area (TPSA) is 58.6 Å². The molecule has 2 aromatic rings. The molecule has 88 valence electrons. The first kappa shape index (κ1) is 11.9. The third-order valence-electron chi connectivity index (χ3n) is 2.21. The minimum atomic E-state index is 0.166. The molecule has 0 aliphatic rings. The van der Waals surface area contributed by atoms with Crippen molar-refractivity contribution in [1.29, 1.82) is 0 Å². The van der Waals surface area contributed by atoms with Crippen molar-refractivity contribution in [2.24, 2.45) is 0 Å². The molecule has 0 aromatic carbocycles. The Morgan fingerprint density at radius 2 is 2.41 bits per heavy atom. The molecular weight excluding hydrogens is 234 g/mol. The maximum Gasteiger partial charge on any atom is 0.185 e. The van der Waals surface area contributed by atoms with Crippen LogP contribution in [-0.2, 0) is 4.79 Å². The van der Waals surface area contributed by atoms with Gasteiger partial charge in [-0.05, 0) is 18.1 Å². The third-order valence-corrected chi connectivity index (χ3v) is 3.06. The number of nitrogens with zero attached hydrogens (tertiary/aromatic N) is 2. The van der Waals surface area contributed by atoms with Crippen LogP contribution in [0.15, 0.2) is 24.5 Å². The molecule has 0 spiro atoms. The van der Waals surface area contributed by atoms with Crippen LogP contribution < -0.4 is 0 Å². The lowest BCUT2D eigenvalue weighted by Gasteiger charge is -1.94. The van der Waals surface area contributed by atoms with E-state index >= 15 is 0 Å². The monoisotopic (exact) mass is 247 g/mol. The number of aromatic amines is 1. The number of thioether (sulfide) groups is 1. The number of aromatic nitrogens is 3. The number of fused-ring (bicyclic) bond motifs is 1. The van der Waals surface area contributed by atoms with Crippen LogP contribution >= 0.6 is 11.8 Å². The zero-order valence-electron chi connectivity index (χ0n) is 9.51. The van der Waals surface area contributed by atoms with Gasteiger partial charge in [0.15, 0.2) is 5.12 Å². The number of nitrogens with one attached hydrogen (secondary N) is 1. The highest BCUT2D eigenvalue weighted by Gasteiger charge is 1.96. The van der Waals surface area contributed by atoms with Crippen molar-refractivity contribution in [2.75, 3.05) is 5.75 Å². The van der Waals surface area contributed by atoms with E-state index in [1.165, 1.54) is 11.8 Å². The molecule has 0 amide bonds. The van der Waals surface area contributed by atoms with Crippen molar-refractivity contribution in [1.82, 2.24) is 15.2 Å². The van der Waals surface area contributed by atoms with Crippen molar-refractivity contribution in [3.05, 3.63) is 30.1 Å². The molecule has 0 aliphatic heterocycles. The summed E-state index contributed by atoms with van der Waals surface area (Å²) in [5.74, 6) is 0.825. The summed E-state index contributed by atoms with van der Waals surface area (Å²) in [6, 6.07) is 2.00. The maximum atomic E-state index is 10.7. The highest BCUT2D eigenvalue weighted by Crippen LogP contribution is 2.11. The van der Waals surface area contributed by atoms with E-state index in [-0.39, 0.29) is 5.12 Å². The SMILES string of the molecule is CC(=O)SCCC=Cc1cnc2cn[nH]c2c1. The summed E-state index contributed by atoms with van der Waals surface area (Å²) in [6.07, 6.45) is 8.45. The summed E-state index contributed by atoms with van der Waals surface area (Å²) in [7, 11) is 0. The molecule has 1 N–H and O–H groups in total. The van der Waals surface area contributed by atoms with Crippen LogP contribution in [0.5, 0.6) is 0 Å².